The molecule has 5 nitrogen and oxygen atoms in total. The molecule has 0 saturated heterocycles. The van der Waals surface area contributed by atoms with Crippen LogP contribution in [0.3, 0.4) is 0 Å². The van der Waals surface area contributed by atoms with Crippen LogP contribution in [0.15, 0.2) is 23.5 Å². The zero-order valence-corrected chi connectivity index (χ0v) is 16.1. The fourth-order valence-electron chi connectivity index (χ4n) is 2.39. The molecule has 1 atom stereocenters. The van der Waals surface area contributed by atoms with E-state index < -0.39 is 0 Å². The Morgan fingerprint density at radius 3 is 2.76 bits per heavy atom. The molecule has 0 amide bonds. The van der Waals surface area contributed by atoms with Crippen LogP contribution in [-0.2, 0) is 9.47 Å². The minimum Gasteiger partial charge on any atom is -0.492 e. The summed E-state index contributed by atoms with van der Waals surface area (Å²) in [5, 5.41) is 10.2. The number of hydrogen-bond acceptors (Lipinski definition) is 6. The minimum atomic E-state index is -0.340. The van der Waals surface area contributed by atoms with Crippen molar-refractivity contribution in [3.63, 3.8) is 0 Å². The van der Waals surface area contributed by atoms with Crippen LogP contribution in [-0.4, -0.2) is 23.7 Å². The molecule has 0 N–H and O–H groups in total. The van der Waals surface area contributed by atoms with E-state index in [0.29, 0.717) is 40.8 Å². The maximum atomic E-state index is 12.1. The van der Waals surface area contributed by atoms with Crippen LogP contribution in [0.1, 0.15) is 60.4 Å². The molecule has 0 radical (unpaired) electrons. The second-order valence-electron chi connectivity index (χ2n) is 6.75. The van der Waals surface area contributed by atoms with Gasteiger partial charge in [0.25, 0.3) is 0 Å². The lowest BCUT2D eigenvalue weighted by Gasteiger charge is -2.18. The standard InChI is InChI=1S/C19H24N2O3S/c1-11(2)10-23-16-7-6-14(8-15(16)9-20)18-21-13(5)17(25-18)19(22)24-12(3)4/h6-7,11-12,14H,8,10H2,1-5H3. The SMILES string of the molecule is Cc1nc(C2C=CC(OCC(C)C)=C(C#N)C2)sc1C(=O)OC(C)C. The van der Waals surface area contributed by atoms with Gasteiger partial charge in [0, 0.05) is 5.92 Å². The summed E-state index contributed by atoms with van der Waals surface area (Å²) in [4.78, 5) is 17.2. The number of aryl methyl sites for hydroxylation is 1. The molecule has 1 aromatic heterocycles. The molecular weight excluding hydrogens is 336 g/mol. The van der Waals surface area contributed by atoms with Crippen molar-refractivity contribution in [3.05, 3.63) is 39.1 Å². The number of carbonyl (C=O) groups is 1. The Hall–Kier alpha value is -2.13. The Labute approximate surface area is 153 Å². The molecule has 1 aliphatic carbocycles. The largest absolute Gasteiger partial charge is 0.492 e. The van der Waals surface area contributed by atoms with E-state index in [-0.39, 0.29) is 18.0 Å². The van der Waals surface area contributed by atoms with E-state index in [2.05, 4.69) is 24.9 Å². The van der Waals surface area contributed by atoms with Crippen LogP contribution in [0.2, 0.25) is 0 Å². The molecule has 0 bridgehead atoms. The van der Waals surface area contributed by atoms with Crippen molar-refractivity contribution in [2.45, 2.75) is 53.1 Å². The highest BCUT2D eigenvalue weighted by Crippen LogP contribution is 2.35. The number of esters is 1. The highest BCUT2D eigenvalue weighted by Gasteiger charge is 2.25. The number of thiazole rings is 1. The van der Waals surface area contributed by atoms with E-state index in [1.165, 1.54) is 11.3 Å². The van der Waals surface area contributed by atoms with Gasteiger partial charge in [-0.3, -0.25) is 0 Å². The Kier molecular flexibility index (Phi) is 6.38. The van der Waals surface area contributed by atoms with Crippen molar-refractivity contribution in [2.24, 2.45) is 5.92 Å². The molecule has 6 heteroatoms. The van der Waals surface area contributed by atoms with Crippen LogP contribution in [0, 0.1) is 24.2 Å². The van der Waals surface area contributed by atoms with E-state index in [4.69, 9.17) is 9.47 Å². The molecule has 0 spiro atoms. The first kappa shape index (κ1) is 19.2. The Morgan fingerprint density at radius 2 is 2.16 bits per heavy atom. The van der Waals surface area contributed by atoms with Crippen LogP contribution in [0.25, 0.3) is 0 Å². The predicted molar refractivity (Wildman–Crippen MR) is 97.3 cm³/mol. The first-order valence-corrected chi connectivity index (χ1v) is 9.26. The lowest BCUT2D eigenvalue weighted by molar-refractivity contribution is 0.0382. The lowest BCUT2D eigenvalue weighted by atomic mass is 9.94. The van der Waals surface area contributed by atoms with Gasteiger partial charge in [0.05, 0.1) is 30.0 Å². The van der Waals surface area contributed by atoms with E-state index >= 15 is 0 Å². The minimum absolute atomic E-state index is 0.0228. The topological polar surface area (TPSA) is 72.2 Å². The molecule has 25 heavy (non-hydrogen) atoms. The van der Waals surface area contributed by atoms with E-state index in [0.717, 1.165) is 5.01 Å². The van der Waals surface area contributed by atoms with Gasteiger partial charge >= 0.3 is 5.97 Å². The summed E-state index contributed by atoms with van der Waals surface area (Å²) in [5.74, 6) is 0.674. The van der Waals surface area contributed by atoms with Crippen LogP contribution in [0.4, 0.5) is 0 Å². The van der Waals surface area contributed by atoms with Crippen molar-refractivity contribution in [3.8, 4) is 6.07 Å². The lowest BCUT2D eigenvalue weighted by Crippen LogP contribution is -2.11. The van der Waals surface area contributed by atoms with Crippen molar-refractivity contribution in [2.75, 3.05) is 6.61 Å². The van der Waals surface area contributed by atoms with Crippen LogP contribution in [0.5, 0.6) is 0 Å². The third-order valence-corrected chi connectivity index (χ3v) is 4.84. The normalized spacial score (nSPS) is 17.1. The van der Waals surface area contributed by atoms with Gasteiger partial charge in [0.1, 0.15) is 15.6 Å². The maximum Gasteiger partial charge on any atom is 0.350 e. The summed E-state index contributed by atoms with van der Waals surface area (Å²) in [6.07, 6.45) is 4.21. The average molecular weight is 360 g/mol. The number of carbonyl (C=O) groups excluding carboxylic acids is 1. The Bertz CT molecular complexity index is 738. The van der Waals surface area contributed by atoms with Crippen molar-refractivity contribution in [1.29, 1.82) is 5.26 Å². The quantitative estimate of drug-likeness (QED) is 0.698. The number of aromatic nitrogens is 1. The fourth-order valence-corrected chi connectivity index (χ4v) is 3.42. The third-order valence-electron chi connectivity index (χ3n) is 3.57. The second-order valence-corrected chi connectivity index (χ2v) is 7.78. The monoisotopic (exact) mass is 360 g/mol. The van der Waals surface area contributed by atoms with E-state index in [9.17, 15) is 10.1 Å². The van der Waals surface area contributed by atoms with E-state index in [1.807, 2.05) is 32.9 Å². The highest BCUT2D eigenvalue weighted by atomic mass is 32.1. The molecule has 1 unspecified atom stereocenters. The number of hydrogen-bond donors (Lipinski definition) is 0. The molecule has 1 aliphatic rings. The number of allylic oxidation sites excluding steroid dienone is 3. The number of rotatable bonds is 6. The van der Waals surface area contributed by atoms with Gasteiger partial charge in [-0.2, -0.15) is 5.26 Å². The summed E-state index contributed by atoms with van der Waals surface area (Å²) in [7, 11) is 0. The van der Waals surface area contributed by atoms with Gasteiger partial charge in [0.15, 0.2) is 0 Å². The van der Waals surface area contributed by atoms with Gasteiger partial charge in [0.2, 0.25) is 0 Å². The van der Waals surface area contributed by atoms with Crippen molar-refractivity contribution in [1.82, 2.24) is 4.98 Å². The number of ether oxygens (including phenoxy) is 2. The summed E-state index contributed by atoms with van der Waals surface area (Å²) >= 11 is 1.34. The smallest absolute Gasteiger partial charge is 0.350 e. The van der Waals surface area contributed by atoms with Gasteiger partial charge in [-0.1, -0.05) is 19.9 Å². The summed E-state index contributed by atoms with van der Waals surface area (Å²) in [6.45, 7) is 10.2. The zero-order chi connectivity index (χ0) is 18.6. The summed E-state index contributed by atoms with van der Waals surface area (Å²) in [5.41, 5.74) is 1.29. The molecule has 1 heterocycles. The molecule has 134 valence electrons. The van der Waals surface area contributed by atoms with Crippen LogP contribution < -0.4 is 0 Å². The molecule has 0 aromatic carbocycles. The first-order valence-electron chi connectivity index (χ1n) is 8.44. The zero-order valence-electron chi connectivity index (χ0n) is 15.3. The molecule has 0 aliphatic heterocycles. The summed E-state index contributed by atoms with van der Waals surface area (Å²) < 4.78 is 11.0. The number of nitriles is 1. The summed E-state index contributed by atoms with van der Waals surface area (Å²) in [6, 6.07) is 2.24. The Morgan fingerprint density at radius 1 is 1.44 bits per heavy atom. The molecule has 1 aromatic rings. The van der Waals surface area contributed by atoms with Gasteiger partial charge in [-0.25, -0.2) is 9.78 Å². The van der Waals surface area contributed by atoms with Gasteiger partial charge < -0.3 is 9.47 Å². The van der Waals surface area contributed by atoms with Crippen molar-refractivity contribution >= 4 is 17.3 Å². The second kappa shape index (κ2) is 8.30. The molecule has 0 saturated carbocycles. The Balaban J connectivity index is 2.16. The average Bonchev–Trinajstić information content (AvgIpc) is 2.94. The fraction of sp³-hybridized carbons (Fsp3) is 0.526. The van der Waals surface area contributed by atoms with Gasteiger partial charge in [-0.05, 0) is 39.2 Å². The predicted octanol–water partition coefficient (Wildman–Crippen LogP) is 4.51. The third kappa shape index (κ3) is 4.93. The highest BCUT2D eigenvalue weighted by molar-refractivity contribution is 7.13. The maximum absolute atomic E-state index is 12.1. The molecule has 2 rings (SSSR count). The molecular formula is C19H24N2O3S. The number of nitrogens with zero attached hydrogens (tertiary/aromatic N) is 2. The van der Waals surface area contributed by atoms with Crippen LogP contribution >= 0.6 is 11.3 Å². The first-order chi connectivity index (χ1) is 11.8. The van der Waals surface area contributed by atoms with Gasteiger partial charge in [-0.15, -0.1) is 11.3 Å². The molecule has 0 fully saturated rings. The van der Waals surface area contributed by atoms with E-state index in [1.54, 1.807) is 0 Å². The van der Waals surface area contributed by atoms with Crippen molar-refractivity contribution < 1.29 is 14.3 Å².